The molecule has 3 fully saturated rings. The monoisotopic (exact) mass is 411 g/mol. The molecule has 3 atom stereocenters. The molecule has 3 aliphatic heterocycles. The van der Waals surface area contributed by atoms with Crippen LogP contribution in [0.1, 0.15) is 25.7 Å². The second-order valence-electron chi connectivity index (χ2n) is 6.99. The van der Waals surface area contributed by atoms with Crippen molar-refractivity contribution in [3.8, 4) is 0 Å². The first-order valence-electron chi connectivity index (χ1n) is 8.49. The standard InChI is InChI=1S/C14H23N5O6S.Na/c1-17-6-2-3-9(7-17)13(20)16-12(15)11-5-4-10-8-18(11)14(21)19(10)25-26(22,23)24;/h9-11H,2-8H2,1H3,(H2,15,16,20)(H,22,23,24);/q;+1/p-1/t9-,10+,11-;/m0./s1. The summed E-state index contributed by atoms with van der Waals surface area (Å²) >= 11 is 0. The van der Waals surface area contributed by atoms with E-state index in [2.05, 4.69) is 14.5 Å². The van der Waals surface area contributed by atoms with E-state index in [1.54, 1.807) is 0 Å². The number of hydroxylamine groups is 2. The predicted octanol–water partition coefficient (Wildman–Crippen LogP) is -3.91. The van der Waals surface area contributed by atoms with Crippen LogP contribution in [0.5, 0.6) is 0 Å². The van der Waals surface area contributed by atoms with E-state index in [-0.39, 0.29) is 53.8 Å². The van der Waals surface area contributed by atoms with Gasteiger partial charge in [0.25, 0.3) is 0 Å². The third kappa shape index (κ3) is 5.19. The van der Waals surface area contributed by atoms with E-state index in [0.29, 0.717) is 24.4 Å². The molecule has 0 radical (unpaired) electrons. The van der Waals surface area contributed by atoms with Crippen molar-refractivity contribution in [2.24, 2.45) is 5.92 Å². The Morgan fingerprint density at radius 2 is 2.00 bits per heavy atom. The Labute approximate surface area is 180 Å². The number of nitrogens with one attached hydrogen (secondary N) is 2. The number of amidine groups is 1. The van der Waals surface area contributed by atoms with E-state index in [4.69, 9.17) is 5.41 Å². The van der Waals surface area contributed by atoms with Crippen LogP contribution in [0.2, 0.25) is 0 Å². The van der Waals surface area contributed by atoms with E-state index in [1.807, 2.05) is 7.05 Å². The summed E-state index contributed by atoms with van der Waals surface area (Å²) in [7, 11) is -3.12. The average molecular weight is 411 g/mol. The van der Waals surface area contributed by atoms with Crippen molar-refractivity contribution in [2.45, 2.75) is 37.8 Å². The number of piperidine rings is 2. The Kier molecular flexibility index (Phi) is 7.28. The fourth-order valence-electron chi connectivity index (χ4n) is 3.83. The molecule has 3 rings (SSSR count). The quantitative estimate of drug-likeness (QED) is 0.158. The van der Waals surface area contributed by atoms with Crippen LogP contribution in [0.25, 0.3) is 0 Å². The number of likely N-dealkylation sites (tertiary alicyclic amines) is 1. The summed E-state index contributed by atoms with van der Waals surface area (Å²) in [6.07, 6.45) is 2.40. The molecular weight excluding hydrogens is 389 g/mol. The van der Waals surface area contributed by atoms with Gasteiger partial charge in [0.05, 0.1) is 18.0 Å². The summed E-state index contributed by atoms with van der Waals surface area (Å²) in [4.78, 5) is 28.0. The van der Waals surface area contributed by atoms with E-state index in [9.17, 15) is 22.6 Å². The van der Waals surface area contributed by atoms with E-state index < -0.39 is 28.5 Å². The molecule has 2 N–H and O–H groups in total. The normalized spacial score (nSPS) is 28.7. The van der Waals surface area contributed by atoms with Crippen LogP contribution in [0.3, 0.4) is 0 Å². The minimum absolute atomic E-state index is 0. The molecule has 11 nitrogen and oxygen atoms in total. The molecule has 27 heavy (non-hydrogen) atoms. The molecule has 146 valence electrons. The molecule has 13 heteroatoms. The molecule has 3 aliphatic rings. The number of fused-ring (bicyclic) bond motifs is 2. The van der Waals surface area contributed by atoms with E-state index in [0.717, 1.165) is 19.4 Å². The minimum Gasteiger partial charge on any atom is -0.724 e. The van der Waals surface area contributed by atoms with Gasteiger partial charge in [-0.05, 0) is 39.3 Å². The molecule has 0 aromatic rings. The van der Waals surface area contributed by atoms with Gasteiger partial charge in [-0.25, -0.2) is 13.2 Å². The number of urea groups is 1. The van der Waals surface area contributed by atoms with Gasteiger partial charge in [0.2, 0.25) is 16.3 Å². The van der Waals surface area contributed by atoms with Gasteiger partial charge >= 0.3 is 35.6 Å². The zero-order valence-electron chi connectivity index (χ0n) is 15.4. The molecule has 3 amide bonds. The first-order valence-corrected chi connectivity index (χ1v) is 9.82. The molecule has 0 spiro atoms. The summed E-state index contributed by atoms with van der Waals surface area (Å²) < 4.78 is 36.6. The fourth-order valence-corrected chi connectivity index (χ4v) is 4.21. The number of hydrogen-bond acceptors (Lipinski definition) is 8. The van der Waals surface area contributed by atoms with Gasteiger partial charge in [-0.2, -0.15) is 9.35 Å². The summed E-state index contributed by atoms with van der Waals surface area (Å²) in [6.45, 7) is 1.70. The van der Waals surface area contributed by atoms with Gasteiger partial charge in [-0.15, -0.1) is 0 Å². The second-order valence-corrected chi connectivity index (χ2v) is 7.96. The van der Waals surface area contributed by atoms with Crippen molar-refractivity contribution < 1.29 is 56.4 Å². The van der Waals surface area contributed by atoms with Crippen LogP contribution in [0, 0.1) is 11.3 Å². The van der Waals surface area contributed by atoms with Gasteiger partial charge in [0, 0.05) is 13.1 Å². The molecular formula is C14H22N5NaO6S. The predicted molar refractivity (Wildman–Crippen MR) is 87.6 cm³/mol. The Morgan fingerprint density at radius 1 is 1.30 bits per heavy atom. The largest absolute Gasteiger partial charge is 1.00 e. The maximum atomic E-state index is 12.4. The molecule has 0 saturated carbocycles. The number of carbonyl (C=O) groups is 2. The van der Waals surface area contributed by atoms with Gasteiger partial charge in [-0.1, -0.05) is 0 Å². The maximum Gasteiger partial charge on any atom is 1.00 e. The Balaban J connectivity index is 0.00000261. The molecule has 3 heterocycles. The topological polar surface area (TPSA) is 146 Å². The Bertz CT molecular complexity index is 719. The van der Waals surface area contributed by atoms with Crippen LogP contribution in [-0.4, -0.2) is 84.4 Å². The van der Waals surface area contributed by atoms with E-state index >= 15 is 0 Å². The van der Waals surface area contributed by atoms with Crippen molar-refractivity contribution in [1.82, 2.24) is 20.2 Å². The SMILES string of the molecule is CN1CCC[C@H](C(=O)NC(=N)[C@@H]2CC[C@@H]3CN2C(=O)N3OS(=O)(=O)[O-])C1.[Na+]. The van der Waals surface area contributed by atoms with Crippen LogP contribution in [-0.2, 0) is 19.5 Å². The van der Waals surface area contributed by atoms with Crippen molar-refractivity contribution >= 4 is 28.2 Å². The smallest absolute Gasteiger partial charge is 0.724 e. The van der Waals surface area contributed by atoms with Crippen LogP contribution < -0.4 is 34.9 Å². The summed E-state index contributed by atoms with van der Waals surface area (Å²) in [5.74, 6) is -0.544. The minimum atomic E-state index is -5.06. The third-order valence-electron chi connectivity index (χ3n) is 5.08. The van der Waals surface area contributed by atoms with Crippen LogP contribution >= 0.6 is 0 Å². The van der Waals surface area contributed by atoms with Crippen LogP contribution in [0.4, 0.5) is 4.79 Å². The van der Waals surface area contributed by atoms with Gasteiger partial charge in [-0.3, -0.25) is 10.2 Å². The zero-order valence-corrected chi connectivity index (χ0v) is 18.2. The summed E-state index contributed by atoms with van der Waals surface area (Å²) in [5, 5.41) is 11.3. The molecule has 3 saturated heterocycles. The maximum absolute atomic E-state index is 12.4. The van der Waals surface area contributed by atoms with Crippen molar-refractivity contribution in [3.05, 3.63) is 0 Å². The molecule has 0 unspecified atom stereocenters. The number of amides is 3. The zero-order chi connectivity index (χ0) is 19.1. The first kappa shape index (κ1) is 22.5. The number of carbonyl (C=O) groups excluding carboxylic acids is 2. The first-order chi connectivity index (χ1) is 12.2. The van der Waals surface area contributed by atoms with Gasteiger partial charge < -0.3 is 19.7 Å². The fraction of sp³-hybridized carbons (Fsp3) is 0.786. The molecule has 2 bridgehead atoms. The number of nitrogens with zero attached hydrogens (tertiary/aromatic N) is 3. The average Bonchev–Trinajstić information content (AvgIpc) is 2.78. The third-order valence-corrected chi connectivity index (χ3v) is 5.42. The van der Waals surface area contributed by atoms with Crippen molar-refractivity contribution in [1.29, 1.82) is 5.41 Å². The Hall–Kier alpha value is -0.760. The van der Waals surface area contributed by atoms with Crippen molar-refractivity contribution in [3.63, 3.8) is 0 Å². The molecule has 0 aromatic carbocycles. The van der Waals surface area contributed by atoms with Gasteiger partial charge in [0.15, 0.2) is 0 Å². The molecule has 0 aliphatic carbocycles. The second kappa shape index (κ2) is 8.72. The van der Waals surface area contributed by atoms with Crippen LogP contribution in [0.15, 0.2) is 0 Å². The van der Waals surface area contributed by atoms with Gasteiger partial charge in [0.1, 0.15) is 5.84 Å². The summed E-state index contributed by atoms with van der Waals surface area (Å²) in [5.41, 5.74) is 0. The van der Waals surface area contributed by atoms with Crippen molar-refractivity contribution in [2.75, 3.05) is 26.7 Å². The van der Waals surface area contributed by atoms with E-state index in [1.165, 1.54) is 4.90 Å². The summed E-state index contributed by atoms with van der Waals surface area (Å²) in [6, 6.07) is -2.02. The molecule has 0 aromatic heterocycles. The Morgan fingerprint density at radius 3 is 2.63 bits per heavy atom. The number of hydrogen-bond donors (Lipinski definition) is 2. The number of rotatable bonds is 4.